The lowest BCUT2D eigenvalue weighted by atomic mass is 10.3. The number of benzene rings is 1. The van der Waals surface area contributed by atoms with Crippen molar-refractivity contribution >= 4 is 11.7 Å². The maximum Gasteiger partial charge on any atom is 0.356 e. The van der Waals surface area contributed by atoms with Gasteiger partial charge in [-0.2, -0.15) is 0 Å². The number of hydrogen-bond acceptors (Lipinski definition) is 4. The molecule has 0 bridgehead atoms. The number of aliphatic carboxylic acids is 1. The molecule has 0 aliphatic carbocycles. The lowest BCUT2D eigenvalue weighted by molar-refractivity contribution is -0.147. The summed E-state index contributed by atoms with van der Waals surface area (Å²) in [6.45, 7) is -0.0359. The Hall–Kier alpha value is -1.59. The zero-order valence-electron chi connectivity index (χ0n) is 7.29. The summed E-state index contributed by atoms with van der Waals surface area (Å²) in [7, 11) is 0. The second kappa shape index (κ2) is 3.65. The second-order valence-corrected chi connectivity index (χ2v) is 2.77. The normalized spacial score (nSPS) is 21.1. The monoisotopic (exact) mass is 195 g/mol. The smallest absolute Gasteiger partial charge is 0.356 e. The predicted molar refractivity (Wildman–Crippen MR) is 47.4 cm³/mol. The Morgan fingerprint density at radius 3 is 2.79 bits per heavy atom. The summed E-state index contributed by atoms with van der Waals surface area (Å²) in [4.78, 5) is 15.8. The topological polar surface area (TPSA) is 59.0 Å². The molecule has 5 heteroatoms. The molecule has 0 radical (unpaired) electrons. The van der Waals surface area contributed by atoms with E-state index < -0.39 is 12.2 Å². The molecule has 1 fully saturated rings. The van der Waals surface area contributed by atoms with Crippen LogP contribution in [0.3, 0.4) is 0 Å². The standard InChI is InChI=1S/C9H9NO4/c11-9(12)8-10(14-6-13-8)7-4-2-1-3-5-7/h1-5,8H,6H2,(H,11,12). The van der Waals surface area contributed by atoms with Crippen LogP contribution in [0.25, 0.3) is 0 Å². The summed E-state index contributed by atoms with van der Waals surface area (Å²) in [5.74, 6) is -1.06. The van der Waals surface area contributed by atoms with Crippen molar-refractivity contribution in [1.29, 1.82) is 0 Å². The number of carboxylic acid groups (broad SMARTS) is 1. The van der Waals surface area contributed by atoms with Gasteiger partial charge in [-0.05, 0) is 12.1 Å². The molecule has 0 spiro atoms. The third-order valence-electron chi connectivity index (χ3n) is 1.85. The predicted octanol–water partition coefficient (Wildman–Crippen LogP) is 0.823. The van der Waals surface area contributed by atoms with Crippen molar-refractivity contribution in [2.45, 2.75) is 6.23 Å². The molecule has 1 atom stereocenters. The van der Waals surface area contributed by atoms with Crippen molar-refractivity contribution < 1.29 is 19.5 Å². The first-order chi connectivity index (χ1) is 6.79. The van der Waals surface area contributed by atoms with Crippen LogP contribution in [0.15, 0.2) is 30.3 Å². The number of carboxylic acids is 1. The van der Waals surface area contributed by atoms with Crippen LogP contribution in [0.4, 0.5) is 5.69 Å². The number of ether oxygens (including phenoxy) is 1. The largest absolute Gasteiger partial charge is 0.478 e. The SMILES string of the molecule is O=C(O)C1OCON1c1ccccc1. The van der Waals surface area contributed by atoms with Crippen molar-refractivity contribution in [3.05, 3.63) is 30.3 Å². The summed E-state index contributed by atoms with van der Waals surface area (Å²) in [5, 5.41) is 10.0. The van der Waals surface area contributed by atoms with E-state index in [4.69, 9.17) is 14.7 Å². The Labute approximate surface area is 80.4 Å². The maximum absolute atomic E-state index is 10.7. The molecule has 2 rings (SSSR count). The summed E-state index contributed by atoms with van der Waals surface area (Å²) >= 11 is 0. The van der Waals surface area contributed by atoms with Crippen LogP contribution in [0.5, 0.6) is 0 Å². The number of para-hydroxylation sites is 1. The van der Waals surface area contributed by atoms with Gasteiger partial charge in [0.15, 0.2) is 6.79 Å². The van der Waals surface area contributed by atoms with Crippen LogP contribution in [0.1, 0.15) is 0 Å². The molecule has 5 nitrogen and oxygen atoms in total. The third-order valence-corrected chi connectivity index (χ3v) is 1.85. The Bertz CT molecular complexity index is 327. The highest BCUT2D eigenvalue weighted by atomic mass is 16.8. The Morgan fingerprint density at radius 2 is 2.14 bits per heavy atom. The van der Waals surface area contributed by atoms with Crippen LogP contribution in [-0.2, 0) is 14.4 Å². The van der Waals surface area contributed by atoms with Gasteiger partial charge in [0.1, 0.15) is 0 Å². The fourth-order valence-electron chi connectivity index (χ4n) is 1.24. The van der Waals surface area contributed by atoms with E-state index in [1.165, 1.54) is 5.06 Å². The minimum Gasteiger partial charge on any atom is -0.478 e. The summed E-state index contributed by atoms with van der Waals surface area (Å²) in [5.41, 5.74) is 0.664. The molecular formula is C9H9NO4. The van der Waals surface area contributed by atoms with Gasteiger partial charge in [-0.25, -0.2) is 14.7 Å². The molecule has 14 heavy (non-hydrogen) atoms. The van der Waals surface area contributed by atoms with Gasteiger partial charge in [0.25, 0.3) is 6.23 Å². The van der Waals surface area contributed by atoms with Crippen LogP contribution in [-0.4, -0.2) is 24.1 Å². The highest BCUT2D eigenvalue weighted by Crippen LogP contribution is 2.21. The van der Waals surface area contributed by atoms with E-state index in [0.717, 1.165) is 0 Å². The average Bonchev–Trinajstić information content (AvgIpc) is 2.67. The molecule has 1 N–H and O–H groups in total. The molecule has 0 amide bonds. The number of anilines is 1. The van der Waals surface area contributed by atoms with Crippen LogP contribution < -0.4 is 5.06 Å². The summed E-state index contributed by atoms with van der Waals surface area (Å²) in [6, 6.07) is 8.96. The maximum atomic E-state index is 10.7. The van der Waals surface area contributed by atoms with Gasteiger partial charge in [-0.15, -0.1) is 0 Å². The number of carbonyl (C=O) groups is 1. The minimum atomic E-state index is -1.06. The molecular weight excluding hydrogens is 186 g/mol. The fourth-order valence-corrected chi connectivity index (χ4v) is 1.24. The molecule has 1 aromatic carbocycles. The summed E-state index contributed by atoms with van der Waals surface area (Å²) < 4.78 is 4.89. The molecule has 1 aromatic rings. The first-order valence-electron chi connectivity index (χ1n) is 4.10. The Kier molecular flexibility index (Phi) is 2.34. The van der Waals surface area contributed by atoms with Crippen LogP contribution >= 0.6 is 0 Å². The quantitative estimate of drug-likeness (QED) is 0.757. The van der Waals surface area contributed by atoms with Gasteiger partial charge in [0.05, 0.1) is 5.69 Å². The first-order valence-corrected chi connectivity index (χ1v) is 4.10. The number of hydrogen-bond donors (Lipinski definition) is 1. The highest BCUT2D eigenvalue weighted by Gasteiger charge is 2.33. The van der Waals surface area contributed by atoms with Gasteiger partial charge >= 0.3 is 5.97 Å². The van der Waals surface area contributed by atoms with E-state index in [2.05, 4.69) is 0 Å². The molecule has 74 valence electrons. The zero-order valence-corrected chi connectivity index (χ0v) is 7.29. The van der Waals surface area contributed by atoms with Gasteiger partial charge in [0.2, 0.25) is 0 Å². The molecule has 1 unspecified atom stereocenters. The van der Waals surface area contributed by atoms with E-state index in [-0.39, 0.29) is 6.79 Å². The van der Waals surface area contributed by atoms with Gasteiger partial charge < -0.3 is 9.84 Å². The highest BCUT2D eigenvalue weighted by molar-refractivity contribution is 5.76. The lowest BCUT2D eigenvalue weighted by Crippen LogP contribution is -2.35. The van der Waals surface area contributed by atoms with E-state index in [1.54, 1.807) is 24.3 Å². The first kappa shape index (κ1) is 8.98. The fraction of sp³-hybridized carbons (Fsp3) is 0.222. The Balaban J connectivity index is 2.22. The lowest BCUT2D eigenvalue weighted by Gasteiger charge is -2.18. The van der Waals surface area contributed by atoms with E-state index >= 15 is 0 Å². The molecule has 1 aliphatic rings. The average molecular weight is 195 g/mol. The van der Waals surface area contributed by atoms with Crippen molar-refractivity contribution in [3.63, 3.8) is 0 Å². The van der Waals surface area contributed by atoms with Gasteiger partial charge in [-0.1, -0.05) is 18.2 Å². The number of hydroxylamine groups is 1. The van der Waals surface area contributed by atoms with Crippen LogP contribution in [0.2, 0.25) is 0 Å². The zero-order chi connectivity index (χ0) is 9.97. The van der Waals surface area contributed by atoms with E-state index in [0.29, 0.717) is 5.69 Å². The van der Waals surface area contributed by atoms with Crippen molar-refractivity contribution in [2.75, 3.05) is 11.9 Å². The van der Waals surface area contributed by atoms with Gasteiger partial charge in [-0.3, -0.25) is 0 Å². The molecule has 1 saturated heterocycles. The molecule has 0 saturated carbocycles. The minimum absolute atomic E-state index is 0.0359. The van der Waals surface area contributed by atoms with E-state index in [9.17, 15) is 4.79 Å². The van der Waals surface area contributed by atoms with Crippen LogP contribution in [0, 0.1) is 0 Å². The van der Waals surface area contributed by atoms with Gasteiger partial charge in [0, 0.05) is 0 Å². The summed E-state index contributed by atoms with van der Waals surface area (Å²) in [6.07, 6.45) is -1.06. The van der Waals surface area contributed by atoms with Crippen molar-refractivity contribution in [1.82, 2.24) is 0 Å². The molecule has 1 heterocycles. The molecule has 0 aromatic heterocycles. The second-order valence-electron chi connectivity index (χ2n) is 2.77. The number of nitrogens with zero attached hydrogens (tertiary/aromatic N) is 1. The van der Waals surface area contributed by atoms with Crippen molar-refractivity contribution in [3.8, 4) is 0 Å². The molecule has 1 aliphatic heterocycles. The van der Waals surface area contributed by atoms with Crippen molar-refractivity contribution in [2.24, 2.45) is 0 Å². The Morgan fingerprint density at radius 1 is 1.43 bits per heavy atom. The third kappa shape index (κ3) is 1.55. The van der Waals surface area contributed by atoms with E-state index in [1.807, 2.05) is 6.07 Å². The number of rotatable bonds is 2.